The van der Waals surface area contributed by atoms with Gasteiger partial charge in [0.1, 0.15) is 5.76 Å². The first-order valence-corrected chi connectivity index (χ1v) is 26.8. The summed E-state index contributed by atoms with van der Waals surface area (Å²) in [5.41, 5.74) is 23.5. The summed E-state index contributed by atoms with van der Waals surface area (Å²) in [6, 6.07) is 26.7. The smallest absolute Gasteiger partial charge is 0.297 e. The average Bonchev–Trinajstić information content (AvgIpc) is 3.72. The summed E-state index contributed by atoms with van der Waals surface area (Å²) < 4.78 is 7.81. The molecule has 0 spiro atoms. The minimum atomic E-state index is -0.124. The van der Waals surface area contributed by atoms with E-state index in [4.69, 9.17) is 4.42 Å². The summed E-state index contributed by atoms with van der Waals surface area (Å²) in [4.78, 5) is 5.34. The number of nitrogens with zero attached hydrogens (tertiary/aromatic N) is 2. The molecule has 0 N–H and O–H groups in total. The molecule has 0 bridgehead atoms. The molecule has 2 aliphatic heterocycles. The third-order valence-corrected chi connectivity index (χ3v) is 18.3. The van der Waals surface area contributed by atoms with Crippen LogP contribution in [0.5, 0.6) is 0 Å². The zero-order chi connectivity index (χ0) is 49.5. The maximum atomic E-state index is 7.81. The number of hydrogen-bond acceptors (Lipinski definition) is 3. The van der Waals surface area contributed by atoms with E-state index in [2.05, 4.69) is 212 Å². The van der Waals surface area contributed by atoms with E-state index in [-0.39, 0.29) is 39.2 Å². The Morgan fingerprint density at radius 2 is 1.33 bits per heavy atom. The molecule has 0 radical (unpaired) electrons. The van der Waals surface area contributed by atoms with Gasteiger partial charge in [0.25, 0.3) is 6.71 Å². The third-order valence-electron chi connectivity index (χ3n) is 18.3. The SMILES string of the molecule is C=C/C(=C\C1=CC(C)(C)CCC1(C)C)N1c2cc(C)cc3c2B(c2cc(C(C)CC)c(CC)cc2N3c2cc3c(cc2-c2ccccc2)C(C)(C)CCC3(C)C)c2oc3c(c21)C(C)(C)CCC3(C)C. The van der Waals surface area contributed by atoms with Crippen molar-refractivity contribution in [3.63, 3.8) is 0 Å². The van der Waals surface area contributed by atoms with E-state index >= 15 is 0 Å². The maximum Gasteiger partial charge on any atom is 0.297 e. The highest BCUT2D eigenvalue weighted by Crippen LogP contribution is 2.57. The van der Waals surface area contributed by atoms with Crippen molar-refractivity contribution >= 4 is 51.7 Å². The fourth-order valence-corrected chi connectivity index (χ4v) is 13.2. The highest BCUT2D eigenvalue weighted by molar-refractivity contribution is 6.99. The topological polar surface area (TPSA) is 19.6 Å². The number of fused-ring (bicyclic) bond motifs is 7. The number of rotatable bonds is 8. The molecule has 360 valence electrons. The second-order valence-corrected chi connectivity index (χ2v) is 26.2. The first-order chi connectivity index (χ1) is 32.3. The lowest BCUT2D eigenvalue weighted by Crippen LogP contribution is -2.61. The number of allylic oxidation sites excluding steroid dienone is 4. The molecular weight excluding hydrogens is 836 g/mol. The van der Waals surface area contributed by atoms with Gasteiger partial charge in [0.05, 0.1) is 17.0 Å². The summed E-state index contributed by atoms with van der Waals surface area (Å²) in [6.45, 7) is 43.3. The minimum Gasteiger partial charge on any atom is -0.472 e. The van der Waals surface area contributed by atoms with Crippen LogP contribution in [0.4, 0.5) is 28.4 Å². The molecule has 1 unspecified atom stereocenters. The molecule has 4 aromatic carbocycles. The first-order valence-electron chi connectivity index (χ1n) is 26.8. The van der Waals surface area contributed by atoms with Gasteiger partial charge < -0.3 is 14.2 Å². The van der Waals surface area contributed by atoms with Crippen LogP contribution in [0.2, 0.25) is 0 Å². The molecule has 4 heteroatoms. The van der Waals surface area contributed by atoms with Crippen molar-refractivity contribution in [2.45, 2.75) is 190 Å². The number of anilines is 5. The Hall–Kier alpha value is -4.96. The van der Waals surface area contributed by atoms with E-state index in [1.54, 1.807) is 0 Å². The summed E-state index contributed by atoms with van der Waals surface area (Å²) >= 11 is 0. The Bertz CT molecular complexity index is 2980. The fraction of sp³-hybridized carbons (Fsp3) is 0.477. The van der Waals surface area contributed by atoms with E-state index in [9.17, 15) is 0 Å². The van der Waals surface area contributed by atoms with Crippen molar-refractivity contribution in [1.82, 2.24) is 0 Å². The number of hydrogen-bond donors (Lipinski definition) is 0. The Kier molecular flexibility index (Phi) is 11.1. The molecular formula is C65H81BN2O. The normalized spacial score (nSPS) is 21.3. The van der Waals surface area contributed by atoms with Crippen LogP contribution in [-0.2, 0) is 28.1 Å². The molecule has 0 fully saturated rings. The Morgan fingerprint density at radius 1 is 0.710 bits per heavy atom. The molecule has 0 amide bonds. The van der Waals surface area contributed by atoms with E-state index in [1.807, 2.05) is 0 Å². The zero-order valence-corrected chi connectivity index (χ0v) is 45.4. The van der Waals surface area contributed by atoms with Gasteiger partial charge in [-0.05, 0) is 184 Å². The van der Waals surface area contributed by atoms with Crippen molar-refractivity contribution in [3.05, 3.63) is 142 Å². The third kappa shape index (κ3) is 7.50. The van der Waals surface area contributed by atoms with Gasteiger partial charge in [0.15, 0.2) is 0 Å². The summed E-state index contributed by atoms with van der Waals surface area (Å²) in [6.07, 6.45) is 16.1. The van der Waals surface area contributed by atoms with Gasteiger partial charge in [0, 0.05) is 39.3 Å². The summed E-state index contributed by atoms with van der Waals surface area (Å²) in [5, 5.41) is 0. The number of benzene rings is 4. The molecule has 5 aliphatic rings. The van der Waals surface area contributed by atoms with E-state index < -0.39 is 0 Å². The fourth-order valence-electron chi connectivity index (χ4n) is 13.2. The molecule has 1 aromatic heterocycles. The van der Waals surface area contributed by atoms with Crippen LogP contribution in [-0.4, -0.2) is 6.71 Å². The maximum absolute atomic E-state index is 7.81. The van der Waals surface area contributed by atoms with Crippen LogP contribution < -0.4 is 26.4 Å². The van der Waals surface area contributed by atoms with Gasteiger partial charge in [-0.25, -0.2) is 0 Å². The zero-order valence-electron chi connectivity index (χ0n) is 45.4. The second-order valence-electron chi connectivity index (χ2n) is 26.2. The molecule has 69 heavy (non-hydrogen) atoms. The van der Waals surface area contributed by atoms with Crippen LogP contribution in [0.3, 0.4) is 0 Å². The molecule has 3 aliphatic carbocycles. The van der Waals surface area contributed by atoms with Crippen molar-refractivity contribution in [1.29, 1.82) is 0 Å². The lowest BCUT2D eigenvalue weighted by molar-refractivity contribution is 0.282. The molecule has 5 aromatic rings. The largest absolute Gasteiger partial charge is 0.472 e. The van der Waals surface area contributed by atoms with Crippen LogP contribution >= 0.6 is 0 Å². The van der Waals surface area contributed by atoms with Crippen molar-refractivity contribution in [3.8, 4) is 11.1 Å². The Morgan fingerprint density at radius 3 is 1.99 bits per heavy atom. The van der Waals surface area contributed by atoms with Crippen molar-refractivity contribution in [2.75, 3.05) is 9.80 Å². The number of aryl methyl sites for hydroxylation is 2. The lowest BCUT2D eigenvalue weighted by Gasteiger charge is -2.46. The van der Waals surface area contributed by atoms with Gasteiger partial charge in [0.2, 0.25) is 0 Å². The average molecular weight is 917 g/mol. The van der Waals surface area contributed by atoms with Crippen molar-refractivity contribution in [2.24, 2.45) is 10.8 Å². The number of furan rings is 1. The predicted molar refractivity (Wildman–Crippen MR) is 299 cm³/mol. The highest BCUT2D eigenvalue weighted by Gasteiger charge is 2.53. The predicted octanol–water partition coefficient (Wildman–Crippen LogP) is 16.6. The van der Waals surface area contributed by atoms with E-state index in [0.717, 1.165) is 55.6 Å². The highest BCUT2D eigenvalue weighted by atomic mass is 16.3. The first kappa shape index (κ1) is 47.7. The quantitative estimate of drug-likeness (QED) is 0.112. The lowest BCUT2D eigenvalue weighted by atomic mass is 9.35. The van der Waals surface area contributed by atoms with Gasteiger partial charge >= 0.3 is 0 Å². The van der Waals surface area contributed by atoms with Gasteiger partial charge in [-0.3, -0.25) is 0 Å². The molecule has 1 atom stereocenters. The van der Waals surface area contributed by atoms with Crippen LogP contribution in [0.25, 0.3) is 11.1 Å². The molecule has 0 saturated carbocycles. The second kappa shape index (κ2) is 16.0. The van der Waals surface area contributed by atoms with Gasteiger partial charge in [-0.15, -0.1) is 0 Å². The van der Waals surface area contributed by atoms with Crippen LogP contribution in [0.15, 0.2) is 107 Å². The summed E-state index contributed by atoms with van der Waals surface area (Å²) in [5.74, 6) is 1.57. The molecule has 0 saturated heterocycles. The van der Waals surface area contributed by atoms with E-state index in [0.29, 0.717) is 5.92 Å². The Balaban J connectivity index is 1.38. The van der Waals surface area contributed by atoms with Gasteiger partial charge in [-0.1, -0.05) is 153 Å². The van der Waals surface area contributed by atoms with Gasteiger partial charge in [-0.2, -0.15) is 0 Å². The van der Waals surface area contributed by atoms with Crippen LogP contribution in [0, 0.1) is 17.8 Å². The summed E-state index contributed by atoms with van der Waals surface area (Å²) in [7, 11) is 0. The van der Waals surface area contributed by atoms with Crippen molar-refractivity contribution < 1.29 is 4.42 Å². The molecule has 3 heterocycles. The Labute approximate surface area is 417 Å². The molecule has 10 rings (SSSR count). The van der Waals surface area contributed by atoms with Crippen LogP contribution in [0.1, 0.15) is 194 Å². The monoisotopic (exact) mass is 917 g/mol. The standard InChI is InChI=1S/C65H81BN2O/c1-18-41(5)46-37-50-52(34-42(46)19-2)68(51-38-49-48(62(10,11)28-29-63(49,12)13)36-47(51)43-24-22-21-23-25-43)54-33-40(4)32-53-56(54)66(50)59-57(55-58(69-59)65(16,17)31-30-64(55,14)15)67(53)45(20-3)35-44-39-60(6,7)26-27-61(44,8)9/h20-25,32-39,41H,3,18-19,26-31H2,1-2,4-17H3/b45-35+. The van der Waals surface area contributed by atoms with E-state index in [1.165, 1.54) is 102 Å². The minimum absolute atomic E-state index is 0.0232. The molecule has 3 nitrogen and oxygen atoms in total.